The van der Waals surface area contributed by atoms with Crippen LogP contribution in [-0.2, 0) is 6.54 Å². The van der Waals surface area contributed by atoms with Crippen molar-refractivity contribution >= 4 is 0 Å². The van der Waals surface area contributed by atoms with E-state index in [2.05, 4.69) is 11.9 Å². The van der Waals surface area contributed by atoms with Crippen LogP contribution in [0.2, 0.25) is 0 Å². The molecule has 2 rings (SSSR count). The maximum absolute atomic E-state index is 5.80. The highest BCUT2D eigenvalue weighted by atomic mass is 16.3. The van der Waals surface area contributed by atoms with E-state index < -0.39 is 0 Å². The van der Waals surface area contributed by atoms with E-state index in [1.807, 2.05) is 12.3 Å². The maximum Gasteiger partial charge on any atom is 0.0947 e. The van der Waals surface area contributed by atoms with Crippen LogP contribution in [0.4, 0.5) is 0 Å². The van der Waals surface area contributed by atoms with Gasteiger partial charge in [0.1, 0.15) is 0 Å². The standard InChI is InChI=1S/C13H22N2O/c1-15(8-11-5-6-16-10-11)9-13-4-2-3-12(13)7-14/h5-6,10,12-13H,2-4,7-9,14H2,1H3. The average Bonchev–Trinajstić information content (AvgIpc) is 2.88. The third kappa shape index (κ3) is 2.86. The Kier molecular flexibility index (Phi) is 4.02. The van der Waals surface area contributed by atoms with E-state index >= 15 is 0 Å². The Hall–Kier alpha value is -0.800. The largest absolute Gasteiger partial charge is 0.472 e. The van der Waals surface area contributed by atoms with Crippen molar-refractivity contribution in [2.75, 3.05) is 20.1 Å². The molecule has 90 valence electrons. The first-order valence-electron chi connectivity index (χ1n) is 6.19. The van der Waals surface area contributed by atoms with Gasteiger partial charge >= 0.3 is 0 Å². The zero-order valence-corrected chi connectivity index (χ0v) is 10.1. The Labute approximate surface area is 97.6 Å². The third-order valence-electron chi connectivity index (χ3n) is 3.70. The van der Waals surface area contributed by atoms with Crippen molar-refractivity contribution in [1.29, 1.82) is 0 Å². The van der Waals surface area contributed by atoms with Crippen molar-refractivity contribution in [2.45, 2.75) is 25.8 Å². The molecule has 1 aliphatic rings. The van der Waals surface area contributed by atoms with Crippen molar-refractivity contribution < 1.29 is 4.42 Å². The van der Waals surface area contributed by atoms with Gasteiger partial charge in [0.2, 0.25) is 0 Å². The molecule has 0 radical (unpaired) electrons. The van der Waals surface area contributed by atoms with Crippen LogP contribution in [0.15, 0.2) is 23.0 Å². The highest BCUT2D eigenvalue weighted by molar-refractivity contribution is 5.04. The summed E-state index contributed by atoms with van der Waals surface area (Å²) in [4.78, 5) is 2.38. The minimum Gasteiger partial charge on any atom is -0.472 e. The van der Waals surface area contributed by atoms with Gasteiger partial charge in [-0.15, -0.1) is 0 Å². The summed E-state index contributed by atoms with van der Waals surface area (Å²) in [5.74, 6) is 1.54. The van der Waals surface area contributed by atoms with Gasteiger partial charge in [-0.1, -0.05) is 6.42 Å². The molecule has 1 heterocycles. The minimum absolute atomic E-state index is 0.742. The van der Waals surface area contributed by atoms with E-state index in [0.29, 0.717) is 0 Å². The monoisotopic (exact) mass is 222 g/mol. The Morgan fingerprint density at radius 1 is 1.44 bits per heavy atom. The topological polar surface area (TPSA) is 42.4 Å². The number of nitrogens with zero attached hydrogens (tertiary/aromatic N) is 1. The van der Waals surface area contributed by atoms with Crippen LogP contribution in [0.25, 0.3) is 0 Å². The molecule has 1 aliphatic carbocycles. The van der Waals surface area contributed by atoms with Crippen LogP contribution >= 0.6 is 0 Å². The second-order valence-corrected chi connectivity index (χ2v) is 5.02. The molecule has 0 bridgehead atoms. The third-order valence-corrected chi connectivity index (χ3v) is 3.70. The Bertz CT molecular complexity index is 297. The maximum atomic E-state index is 5.80. The van der Waals surface area contributed by atoms with E-state index in [-0.39, 0.29) is 0 Å². The van der Waals surface area contributed by atoms with Gasteiger partial charge in [-0.3, -0.25) is 0 Å². The smallest absolute Gasteiger partial charge is 0.0947 e. The van der Waals surface area contributed by atoms with Gasteiger partial charge in [-0.05, 0) is 44.3 Å². The van der Waals surface area contributed by atoms with Crippen LogP contribution in [-0.4, -0.2) is 25.0 Å². The highest BCUT2D eigenvalue weighted by Crippen LogP contribution is 2.31. The Balaban J connectivity index is 1.80. The zero-order valence-electron chi connectivity index (χ0n) is 10.1. The molecule has 0 spiro atoms. The lowest BCUT2D eigenvalue weighted by Gasteiger charge is -2.24. The molecule has 2 atom stereocenters. The lowest BCUT2D eigenvalue weighted by molar-refractivity contribution is 0.236. The van der Waals surface area contributed by atoms with Gasteiger partial charge in [0, 0.05) is 18.7 Å². The molecule has 1 saturated carbocycles. The molecule has 3 nitrogen and oxygen atoms in total. The summed E-state index contributed by atoms with van der Waals surface area (Å²) in [5.41, 5.74) is 7.06. The van der Waals surface area contributed by atoms with Crippen molar-refractivity contribution in [3.8, 4) is 0 Å². The van der Waals surface area contributed by atoms with Crippen molar-refractivity contribution in [1.82, 2.24) is 4.90 Å². The second-order valence-electron chi connectivity index (χ2n) is 5.02. The predicted octanol–water partition coefficient (Wildman–Crippen LogP) is 2.09. The Morgan fingerprint density at radius 2 is 2.25 bits per heavy atom. The number of hydrogen-bond donors (Lipinski definition) is 1. The normalized spacial score (nSPS) is 25.4. The van der Waals surface area contributed by atoms with Gasteiger partial charge < -0.3 is 15.1 Å². The van der Waals surface area contributed by atoms with Crippen LogP contribution in [0.3, 0.4) is 0 Å². The van der Waals surface area contributed by atoms with Crippen LogP contribution < -0.4 is 5.73 Å². The molecule has 2 unspecified atom stereocenters. The first kappa shape index (κ1) is 11.7. The summed E-state index contributed by atoms with van der Waals surface area (Å²) in [6.07, 6.45) is 7.58. The van der Waals surface area contributed by atoms with Crippen molar-refractivity contribution in [3.05, 3.63) is 24.2 Å². The lowest BCUT2D eigenvalue weighted by atomic mass is 9.96. The van der Waals surface area contributed by atoms with Gasteiger partial charge in [-0.25, -0.2) is 0 Å². The highest BCUT2D eigenvalue weighted by Gasteiger charge is 2.26. The fourth-order valence-corrected chi connectivity index (χ4v) is 2.82. The molecule has 1 fully saturated rings. The summed E-state index contributed by atoms with van der Waals surface area (Å²) in [6.45, 7) is 2.99. The summed E-state index contributed by atoms with van der Waals surface area (Å²) in [7, 11) is 2.18. The van der Waals surface area contributed by atoms with Crippen molar-refractivity contribution in [3.63, 3.8) is 0 Å². The summed E-state index contributed by atoms with van der Waals surface area (Å²) < 4.78 is 5.08. The molecular formula is C13H22N2O. The van der Waals surface area contributed by atoms with Crippen molar-refractivity contribution in [2.24, 2.45) is 17.6 Å². The lowest BCUT2D eigenvalue weighted by Crippen LogP contribution is -2.30. The predicted molar refractivity (Wildman–Crippen MR) is 64.9 cm³/mol. The van der Waals surface area contributed by atoms with Crippen LogP contribution in [0.1, 0.15) is 24.8 Å². The quantitative estimate of drug-likeness (QED) is 0.829. The van der Waals surface area contributed by atoms with Gasteiger partial charge in [-0.2, -0.15) is 0 Å². The minimum atomic E-state index is 0.742. The molecular weight excluding hydrogens is 200 g/mol. The van der Waals surface area contributed by atoms with Gasteiger partial charge in [0.15, 0.2) is 0 Å². The summed E-state index contributed by atoms with van der Waals surface area (Å²) in [5, 5.41) is 0. The second kappa shape index (κ2) is 5.51. The van der Waals surface area contributed by atoms with E-state index in [1.54, 1.807) is 6.26 Å². The molecule has 1 aromatic rings. The Morgan fingerprint density at radius 3 is 2.94 bits per heavy atom. The molecule has 2 N–H and O–H groups in total. The first-order valence-corrected chi connectivity index (χ1v) is 6.19. The van der Waals surface area contributed by atoms with E-state index in [4.69, 9.17) is 10.2 Å². The molecule has 0 aromatic carbocycles. The molecule has 0 aliphatic heterocycles. The van der Waals surface area contributed by atoms with E-state index in [0.717, 1.165) is 31.5 Å². The summed E-state index contributed by atoms with van der Waals surface area (Å²) in [6, 6.07) is 2.03. The molecule has 0 saturated heterocycles. The number of nitrogens with two attached hydrogens (primary N) is 1. The number of hydrogen-bond acceptors (Lipinski definition) is 3. The van der Waals surface area contributed by atoms with Gasteiger partial charge in [0.05, 0.1) is 12.5 Å². The van der Waals surface area contributed by atoms with Gasteiger partial charge in [0.25, 0.3) is 0 Å². The van der Waals surface area contributed by atoms with E-state index in [1.165, 1.54) is 24.8 Å². The van der Waals surface area contributed by atoms with Crippen LogP contribution in [0.5, 0.6) is 0 Å². The summed E-state index contributed by atoms with van der Waals surface area (Å²) >= 11 is 0. The fraction of sp³-hybridized carbons (Fsp3) is 0.692. The molecule has 3 heteroatoms. The zero-order chi connectivity index (χ0) is 11.4. The number of furan rings is 1. The average molecular weight is 222 g/mol. The molecule has 16 heavy (non-hydrogen) atoms. The van der Waals surface area contributed by atoms with Crippen LogP contribution in [0, 0.1) is 11.8 Å². The first-order chi connectivity index (χ1) is 7.79. The SMILES string of the molecule is CN(Cc1ccoc1)CC1CCCC1CN. The molecule has 0 amide bonds. The number of rotatable bonds is 5. The van der Waals surface area contributed by atoms with E-state index in [9.17, 15) is 0 Å². The fourth-order valence-electron chi connectivity index (χ4n) is 2.82. The molecule has 1 aromatic heterocycles.